The smallest absolute Gasteiger partial charge is 0.224 e. The maximum atomic E-state index is 11.7. The number of benzene rings is 2. The van der Waals surface area contributed by atoms with Crippen molar-refractivity contribution in [2.24, 2.45) is 0 Å². The Morgan fingerprint density at radius 2 is 1.90 bits per heavy atom. The van der Waals surface area contributed by atoms with Crippen molar-refractivity contribution >= 4 is 22.5 Å². The normalized spacial score (nSPS) is 10.7. The minimum Gasteiger partial charge on any atom is -0.326 e. The highest BCUT2D eigenvalue weighted by Crippen LogP contribution is 2.23. The summed E-state index contributed by atoms with van der Waals surface area (Å²) in [4.78, 5) is 11.7. The third-order valence-electron chi connectivity index (χ3n) is 3.49. The van der Waals surface area contributed by atoms with Gasteiger partial charge in [-0.25, -0.2) is 0 Å². The molecule has 1 aromatic heterocycles. The minimum absolute atomic E-state index is 0.0688. The van der Waals surface area contributed by atoms with Crippen molar-refractivity contribution in [1.29, 1.82) is 0 Å². The van der Waals surface area contributed by atoms with Crippen LogP contribution in [-0.4, -0.2) is 10.5 Å². The van der Waals surface area contributed by atoms with E-state index in [1.165, 1.54) is 0 Å². The average molecular weight is 278 g/mol. The van der Waals surface area contributed by atoms with E-state index in [9.17, 15) is 4.79 Å². The summed E-state index contributed by atoms with van der Waals surface area (Å²) in [7, 11) is 0. The number of nitrogens with one attached hydrogen (secondary N) is 1. The summed E-state index contributed by atoms with van der Waals surface area (Å²) in [5.74, 6) is 0.0688. The van der Waals surface area contributed by atoms with E-state index in [1.807, 2.05) is 43.3 Å². The molecule has 3 heteroatoms. The van der Waals surface area contributed by atoms with Crippen molar-refractivity contribution in [2.45, 2.75) is 19.8 Å². The zero-order valence-corrected chi connectivity index (χ0v) is 12.0. The molecule has 0 aliphatic heterocycles. The Kier molecular flexibility index (Phi) is 3.73. The molecule has 2 aromatic carbocycles. The van der Waals surface area contributed by atoms with Gasteiger partial charge >= 0.3 is 0 Å². The molecule has 3 rings (SSSR count). The maximum absolute atomic E-state index is 11.7. The molecule has 0 aliphatic rings. The molecule has 3 aromatic rings. The van der Waals surface area contributed by atoms with E-state index in [2.05, 4.69) is 34.3 Å². The van der Waals surface area contributed by atoms with Crippen molar-refractivity contribution in [3.05, 3.63) is 60.8 Å². The van der Waals surface area contributed by atoms with Crippen molar-refractivity contribution in [3.63, 3.8) is 0 Å². The molecule has 0 spiro atoms. The summed E-state index contributed by atoms with van der Waals surface area (Å²) in [6.45, 7) is 2.00. The lowest BCUT2D eigenvalue weighted by Crippen LogP contribution is -2.10. The Bertz CT molecular complexity index is 759. The van der Waals surface area contributed by atoms with Gasteiger partial charge in [0.1, 0.15) is 0 Å². The molecule has 1 amide bonds. The molecule has 21 heavy (non-hydrogen) atoms. The zero-order chi connectivity index (χ0) is 14.7. The topological polar surface area (TPSA) is 34.0 Å². The first-order chi connectivity index (χ1) is 10.3. The van der Waals surface area contributed by atoms with Gasteiger partial charge in [-0.05, 0) is 42.8 Å². The molecule has 0 radical (unpaired) electrons. The average Bonchev–Trinajstić information content (AvgIpc) is 2.91. The van der Waals surface area contributed by atoms with Gasteiger partial charge in [0.2, 0.25) is 5.91 Å². The lowest BCUT2D eigenvalue weighted by Gasteiger charge is -2.07. The van der Waals surface area contributed by atoms with Crippen LogP contribution < -0.4 is 5.32 Å². The van der Waals surface area contributed by atoms with Gasteiger partial charge in [-0.15, -0.1) is 0 Å². The minimum atomic E-state index is 0.0688. The summed E-state index contributed by atoms with van der Waals surface area (Å²) >= 11 is 0. The molecule has 0 saturated carbocycles. The first-order valence-corrected chi connectivity index (χ1v) is 7.24. The standard InChI is InChI=1S/C18H18N2O/c1-2-6-18(21)19-15-9-10-17-14(13-15)11-12-20(17)16-7-4-3-5-8-16/h3-5,7-13H,2,6H2,1H3,(H,19,21). The van der Waals surface area contributed by atoms with Gasteiger partial charge in [-0.3, -0.25) is 4.79 Å². The number of carbonyl (C=O) groups is 1. The first kappa shape index (κ1) is 13.4. The molecule has 0 fully saturated rings. The second-order valence-corrected chi connectivity index (χ2v) is 5.09. The summed E-state index contributed by atoms with van der Waals surface area (Å²) < 4.78 is 2.15. The highest BCUT2D eigenvalue weighted by atomic mass is 16.1. The van der Waals surface area contributed by atoms with Crippen LogP contribution in [0.2, 0.25) is 0 Å². The molecule has 0 aliphatic carbocycles. The first-order valence-electron chi connectivity index (χ1n) is 7.24. The van der Waals surface area contributed by atoms with Crippen LogP contribution >= 0.6 is 0 Å². The fourth-order valence-electron chi connectivity index (χ4n) is 2.48. The summed E-state index contributed by atoms with van der Waals surface area (Å²) in [5, 5.41) is 4.05. The lowest BCUT2D eigenvalue weighted by molar-refractivity contribution is -0.116. The Morgan fingerprint density at radius 1 is 1.10 bits per heavy atom. The highest BCUT2D eigenvalue weighted by molar-refractivity contribution is 5.94. The monoisotopic (exact) mass is 278 g/mol. The van der Waals surface area contributed by atoms with Gasteiger partial charge in [0, 0.05) is 29.4 Å². The van der Waals surface area contributed by atoms with Crippen LogP contribution in [0.1, 0.15) is 19.8 Å². The molecule has 106 valence electrons. The molecular weight excluding hydrogens is 260 g/mol. The Balaban J connectivity index is 1.93. The number of fused-ring (bicyclic) bond motifs is 1. The molecule has 0 bridgehead atoms. The fraction of sp³-hybridized carbons (Fsp3) is 0.167. The number of carbonyl (C=O) groups excluding carboxylic acids is 1. The molecule has 0 unspecified atom stereocenters. The van der Waals surface area contributed by atoms with Gasteiger partial charge in [0.05, 0.1) is 5.52 Å². The summed E-state index contributed by atoms with van der Waals surface area (Å²) in [6.07, 6.45) is 3.47. The van der Waals surface area contributed by atoms with Crippen LogP contribution in [0.5, 0.6) is 0 Å². The van der Waals surface area contributed by atoms with E-state index in [0.717, 1.165) is 28.7 Å². The van der Waals surface area contributed by atoms with Gasteiger partial charge in [0.25, 0.3) is 0 Å². The third kappa shape index (κ3) is 2.82. The second kappa shape index (κ2) is 5.83. The molecule has 0 saturated heterocycles. The Hall–Kier alpha value is -2.55. The predicted molar refractivity (Wildman–Crippen MR) is 86.8 cm³/mol. The quantitative estimate of drug-likeness (QED) is 0.755. The van der Waals surface area contributed by atoms with Gasteiger partial charge in [-0.2, -0.15) is 0 Å². The second-order valence-electron chi connectivity index (χ2n) is 5.09. The van der Waals surface area contributed by atoms with E-state index in [4.69, 9.17) is 0 Å². The van der Waals surface area contributed by atoms with Gasteiger partial charge in [-0.1, -0.05) is 25.1 Å². The van der Waals surface area contributed by atoms with E-state index in [1.54, 1.807) is 0 Å². The predicted octanol–water partition coefficient (Wildman–Crippen LogP) is 4.37. The number of hydrogen-bond donors (Lipinski definition) is 1. The zero-order valence-electron chi connectivity index (χ0n) is 12.0. The van der Waals surface area contributed by atoms with E-state index < -0.39 is 0 Å². The molecule has 1 N–H and O–H groups in total. The number of amides is 1. The van der Waals surface area contributed by atoms with Crippen LogP contribution in [0.3, 0.4) is 0 Å². The molecular formula is C18H18N2O. The third-order valence-corrected chi connectivity index (χ3v) is 3.49. The van der Waals surface area contributed by atoms with Crippen LogP contribution in [0.15, 0.2) is 60.8 Å². The van der Waals surface area contributed by atoms with E-state index >= 15 is 0 Å². The van der Waals surface area contributed by atoms with Crippen LogP contribution in [0.4, 0.5) is 5.69 Å². The van der Waals surface area contributed by atoms with Crippen molar-refractivity contribution < 1.29 is 4.79 Å². The molecule has 0 atom stereocenters. The Labute approximate surface area is 124 Å². The maximum Gasteiger partial charge on any atom is 0.224 e. The number of rotatable bonds is 4. The van der Waals surface area contributed by atoms with E-state index in [0.29, 0.717) is 6.42 Å². The Morgan fingerprint density at radius 3 is 2.67 bits per heavy atom. The molecule has 3 nitrogen and oxygen atoms in total. The summed E-state index contributed by atoms with van der Waals surface area (Å²) in [6, 6.07) is 18.3. The van der Waals surface area contributed by atoms with Gasteiger partial charge < -0.3 is 9.88 Å². The van der Waals surface area contributed by atoms with Gasteiger partial charge in [0.15, 0.2) is 0 Å². The van der Waals surface area contributed by atoms with Crippen molar-refractivity contribution in [3.8, 4) is 5.69 Å². The van der Waals surface area contributed by atoms with Crippen LogP contribution in [-0.2, 0) is 4.79 Å². The van der Waals surface area contributed by atoms with Crippen molar-refractivity contribution in [2.75, 3.05) is 5.32 Å². The van der Waals surface area contributed by atoms with Crippen molar-refractivity contribution in [1.82, 2.24) is 4.57 Å². The highest BCUT2D eigenvalue weighted by Gasteiger charge is 2.05. The largest absolute Gasteiger partial charge is 0.326 e. The lowest BCUT2D eigenvalue weighted by atomic mass is 10.2. The van der Waals surface area contributed by atoms with E-state index in [-0.39, 0.29) is 5.91 Å². The number of para-hydroxylation sites is 1. The number of nitrogens with zero attached hydrogens (tertiary/aromatic N) is 1. The molecule has 1 heterocycles. The fourth-order valence-corrected chi connectivity index (χ4v) is 2.48. The number of hydrogen-bond acceptors (Lipinski definition) is 1. The van der Waals surface area contributed by atoms with Crippen LogP contribution in [0.25, 0.3) is 16.6 Å². The SMILES string of the molecule is CCCC(=O)Nc1ccc2c(ccn2-c2ccccc2)c1. The summed E-state index contributed by atoms with van der Waals surface area (Å²) in [5.41, 5.74) is 3.12. The van der Waals surface area contributed by atoms with Crippen LogP contribution in [0, 0.1) is 0 Å². The number of aromatic nitrogens is 1. The number of anilines is 1.